The Kier molecular flexibility index (Phi) is 6.25. The summed E-state index contributed by atoms with van der Waals surface area (Å²) in [5.74, 6) is 0.400. The summed E-state index contributed by atoms with van der Waals surface area (Å²) in [4.78, 5) is 12.9. The van der Waals surface area contributed by atoms with Crippen molar-refractivity contribution in [3.63, 3.8) is 0 Å². The third kappa shape index (κ3) is 4.61. The SMILES string of the molecule is CC(C)C[C@H](CN[C@H]1CCOC1O)NC(=O)c1cccc2ccccc12. The van der Waals surface area contributed by atoms with Gasteiger partial charge in [-0.3, -0.25) is 4.79 Å². The van der Waals surface area contributed by atoms with Crippen LogP contribution in [0.4, 0.5) is 0 Å². The molecule has 0 spiro atoms. The van der Waals surface area contributed by atoms with Crippen molar-refractivity contribution in [1.29, 1.82) is 0 Å². The van der Waals surface area contributed by atoms with Gasteiger partial charge in [0.1, 0.15) is 0 Å². The van der Waals surface area contributed by atoms with Crippen LogP contribution in [0, 0.1) is 5.92 Å². The molecule has 140 valence electrons. The molecule has 5 nitrogen and oxygen atoms in total. The zero-order chi connectivity index (χ0) is 18.5. The molecular formula is C21H28N2O3. The van der Waals surface area contributed by atoms with E-state index in [0.717, 1.165) is 23.6 Å². The van der Waals surface area contributed by atoms with E-state index in [9.17, 15) is 9.90 Å². The first-order chi connectivity index (χ1) is 12.5. The molecule has 1 aliphatic heterocycles. The fourth-order valence-corrected chi connectivity index (χ4v) is 3.52. The molecule has 1 aliphatic rings. The van der Waals surface area contributed by atoms with Crippen LogP contribution in [0.25, 0.3) is 10.8 Å². The van der Waals surface area contributed by atoms with E-state index >= 15 is 0 Å². The van der Waals surface area contributed by atoms with Crippen molar-refractivity contribution in [2.45, 2.75) is 45.1 Å². The molecule has 3 rings (SSSR count). The maximum absolute atomic E-state index is 12.9. The monoisotopic (exact) mass is 356 g/mol. The Morgan fingerprint density at radius 2 is 2.00 bits per heavy atom. The molecule has 3 atom stereocenters. The number of ether oxygens (including phenoxy) is 1. The first-order valence-electron chi connectivity index (χ1n) is 9.36. The number of carbonyl (C=O) groups excluding carboxylic acids is 1. The Morgan fingerprint density at radius 1 is 1.23 bits per heavy atom. The van der Waals surface area contributed by atoms with Gasteiger partial charge >= 0.3 is 0 Å². The van der Waals surface area contributed by atoms with Gasteiger partial charge in [0.15, 0.2) is 6.29 Å². The Labute approximate surface area is 154 Å². The molecule has 0 aliphatic carbocycles. The molecule has 0 bridgehead atoms. The highest BCUT2D eigenvalue weighted by atomic mass is 16.6. The lowest BCUT2D eigenvalue weighted by atomic mass is 10.0. The number of carbonyl (C=O) groups is 1. The summed E-state index contributed by atoms with van der Waals surface area (Å²) in [6.45, 7) is 5.46. The van der Waals surface area contributed by atoms with Crippen molar-refractivity contribution >= 4 is 16.7 Å². The summed E-state index contributed by atoms with van der Waals surface area (Å²) in [5.41, 5.74) is 0.695. The number of amides is 1. The standard InChI is InChI=1S/C21H28N2O3/c1-14(2)12-16(13-22-19-10-11-26-21(19)25)23-20(24)18-9-5-7-15-6-3-4-8-17(15)18/h3-9,14,16,19,21-22,25H,10-13H2,1-2H3,(H,23,24)/t16-,19+,21?/m1/s1. The van der Waals surface area contributed by atoms with Crippen molar-refractivity contribution in [2.75, 3.05) is 13.2 Å². The van der Waals surface area contributed by atoms with Gasteiger partial charge in [0.05, 0.1) is 12.6 Å². The van der Waals surface area contributed by atoms with Crippen molar-refractivity contribution in [3.05, 3.63) is 48.0 Å². The van der Waals surface area contributed by atoms with Crippen LogP contribution >= 0.6 is 0 Å². The number of aliphatic hydroxyl groups excluding tert-OH is 1. The predicted octanol–water partition coefficient (Wildman–Crippen LogP) is 2.68. The van der Waals surface area contributed by atoms with Crippen LogP contribution in [0.5, 0.6) is 0 Å². The number of fused-ring (bicyclic) bond motifs is 1. The molecule has 1 saturated heterocycles. The van der Waals surface area contributed by atoms with E-state index < -0.39 is 6.29 Å². The molecule has 1 heterocycles. The highest BCUT2D eigenvalue weighted by molar-refractivity contribution is 6.07. The maximum Gasteiger partial charge on any atom is 0.252 e. The van der Waals surface area contributed by atoms with E-state index in [1.165, 1.54) is 0 Å². The van der Waals surface area contributed by atoms with Crippen LogP contribution in [0.3, 0.4) is 0 Å². The molecule has 1 fully saturated rings. The van der Waals surface area contributed by atoms with E-state index in [4.69, 9.17) is 4.74 Å². The van der Waals surface area contributed by atoms with Crippen LogP contribution in [0.15, 0.2) is 42.5 Å². The molecule has 1 unspecified atom stereocenters. The average molecular weight is 356 g/mol. The molecule has 0 saturated carbocycles. The Bertz CT molecular complexity index is 742. The second kappa shape index (κ2) is 8.62. The number of aliphatic hydroxyl groups is 1. The lowest BCUT2D eigenvalue weighted by Crippen LogP contribution is -2.47. The minimum atomic E-state index is -0.761. The molecule has 2 aromatic carbocycles. The number of rotatable bonds is 7. The van der Waals surface area contributed by atoms with Gasteiger partial charge in [-0.25, -0.2) is 0 Å². The van der Waals surface area contributed by atoms with E-state index in [-0.39, 0.29) is 18.0 Å². The van der Waals surface area contributed by atoms with Gasteiger partial charge in [-0.2, -0.15) is 0 Å². The topological polar surface area (TPSA) is 70.6 Å². The summed E-state index contributed by atoms with van der Waals surface area (Å²) >= 11 is 0. The number of nitrogens with one attached hydrogen (secondary N) is 2. The van der Waals surface area contributed by atoms with Crippen molar-refractivity contribution < 1.29 is 14.6 Å². The summed E-state index contributed by atoms with van der Waals surface area (Å²) < 4.78 is 5.18. The average Bonchev–Trinajstić information content (AvgIpc) is 3.03. The van der Waals surface area contributed by atoms with Gasteiger partial charge in [-0.05, 0) is 35.6 Å². The lowest BCUT2D eigenvalue weighted by Gasteiger charge is -2.24. The normalized spacial score (nSPS) is 21.2. The second-order valence-corrected chi connectivity index (χ2v) is 7.39. The summed E-state index contributed by atoms with van der Waals surface area (Å²) in [7, 11) is 0. The van der Waals surface area contributed by atoms with Crippen LogP contribution in [0.2, 0.25) is 0 Å². The predicted molar refractivity (Wildman–Crippen MR) is 103 cm³/mol. The van der Waals surface area contributed by atoms with Gasteiger partial charge in [-0.15, -0.1) is 0 Å². The fraction of sp³-hybridized carbons (Fsp3) is 0.476. The van der Waals surface area contributed by atoms with Crippen molar-refractivity contribution in [1.82, 2.24) is 10.6 Å². The molecular weight excluding hydrogens is 328 g/mol. The van der Waals surface area contributed by atoms with Gasteiger partial charge in [0, 0.05) is 18.2 Å². The molecule has 1 amide bonds. The van der Waals surface area contributed by atoms with Crippen molar-refractivity contribution in [2.24, 2.45) is 5.92 Å². The number of hydrogen-bond acceptors (Lipinski definition) is 4. The second-order valence-electron chi connectivity index (χ2n) is 7.39. The third-order valence-corrected chi connectivity index (χ3v) is 4.81. The fourth-order valence-electron chi connectivity index (χ4n) is 3.52. The van der Waals surface area contributed by atoms with E-state index in [0.29, 0.717) is 24.6 Å². The molecule has 3 N–H and O–H groups in total. The first kappa shape index (κ1) is 18.8. The van der Waals surface area contributed by atoms with Gasteiger partial charge in [0.25, 0.3) is 5.91 Å². The Morgan fingerprint density at radius 3 is 2.73 bits per heavy atom. The van der Waals surface area contributed by atoms with Crippen LogP contribution in [0.1, 0.15) is 37.0 Å². The van der Waals surface area contributed by atoms with Crippen LogP contribution < -0.4 is 10.6 Å². The molecule has 0 aromatic heterocycles. The van der Waals surface area contributed by atoms with E-state index in [1.54, 1.807) is 0 Å². The molecule has 26 heavy (non-hydrogen) atoms. The highest BCUT2D eigenvalue weighted by Crippen LogP contribution is 2.19. The van der Waals surface area contributed by atoms with Gasteiger partial charge in [-0.1, -0.05) is 50.2 Å². The molecule has 0 radical (unpaired) electrons. The van der Waals surface area contributed by atoms with Gasteiger partial charge < -0.3 is 20.5 Å². The Balaban J connectivity index is 1.69. The molecule has 5 heteroatoms. The summed E-state index contributed by atoms with van der Waals surface area (Å²) in [6.07, 6.45) is 0.892. The third-order valence-electron chi connectivity index (χ3n) is 4.81. The smallest absolute Gasteiger partial charge is 0.252 e. The zero-order valence-corrected chi connectivity index (χ0v) is 15.4. The van der Waals surface area contributed by atoms with Crippen LogP contribution in [-0.4, -0.2) is 42.5 Å². The largest absolute Gasteiger partial charge is 0.367 e. The number of hydrogen-bond donors (Lipinski definition) is 3. The highest BCUT2D eigenvalue weighted by Gasteiger charge is 2.27. The lowest BCUT2D eigenvalue weighted by molar-refractivity contribution is -0.0718. The number of benzene rings is 2. The van der Waals surface area contributed by atoms with E-state index in [1.807, 2.05) is 42.5 Å². The van der Waals surface area contributed by atoms with Crippen LogP contribution in [-0.2, 0) is 4.74 Å². The first-order valence-corrected chi connectivity index (χ1v) is 9.36. The minimum absolute atomic E-state index is 0.00531. The minimum Gasteiger partial charge on any atom is -0.367 e. The van der Waals surface area contributed by atoms with E-state index in [2.05, 4.69) is 24.5 Å². The molecule has 2 aromatic rings. The zero-order valence-electron chi connectivity index (χ0n) is 15.4. The summed E-state index contributed by atoms with van der Waals surface area (Å²) in [6, 6.07) is 13.6. The maximum atomic E-state index is 12.9. The Hall–Kier alpha value is -1.95. The van der Waals surface area contributed by atoms with Gasteiger partial charge in [0.2, 0.25) is 0 Å². The quantitative estimate of drug-likeness (QED) is 0.713. The summed E-state index contributed by atoms with van der Waals surface area (Å²) in [5, 5.41) is 18.3. The van der Waals surface area contributed by atoms with Crippen molar-refractivity contribution in [3.8, 4) is 0 Å².